The highest BCUT2D eigenvalue weighted by molar-refractivity contribution is 5.93. The molecule has 0 atom stereocenters. The molecule has 1 aromatic heterocycles. The Morgan fingerprint density at radius 2 is 1.95 bits per heavy atom. The summed E-state index contributed by atoms with van der Waals surface area (Å²) in [6.07, 6.45) is 2.56. The van der Waals surface area contributed by atoms with Crippen molar-refractivity contribution in [1.29, 1.82) is 0 Å². The van der Waals surface area contributed by atoms with Gasteiger partial charge < -0.3 is 10.6 Å². The first-order chi connectivity index (χ1) is 10.2. The van der Waals surface area contributed by atoms with Crippen molar-refractivity contribution >= 4 is 11.7 Å². The molecule has 110 valence electrons. The van der Waals surface area contributed by atoms with Crippen LogP contribution in [0.3, 0.4) is 0 Å². The number of anilines is 1. The van der Waals surface area contributed by atoms with E-state index in [4.69, 9.17) is 0 Å². The van der Waals surface area contributed by atoms with Crippen molar-refractivity contribution in [2.75, 3.05) is 11.9 Å². The summed E-state index contributed by atoms with van der Waals surface area (Å²) in [4.78, 5) is 16.1. The van der Waals surface area contributed by atoms with E-state index in [0.29, 0.717) is 12.1 Å². The number of nitrogens with zero attached hydrogens (tertiary/aromatic N) is 1. The highest BCUT2D eigenvalue weighted by Crippen LogP contribution is 2.06. The summed E-state index contributed by atoms with van der Waals surface area (Å²) in [5.41, 5.74) is 1.35. The third kappa shape index (κ3) is 4.56. The molecular weight excluding hydrogens is 269 g/mol. The number of benzene rings is 1. The van der Waals surface area contributed by atoms with Gasteiger partial charge in [-0.1, -0.05) is 19.1 Å². The molecule has 0 saturated carbocycles. The second kappa shape index (κ2) is 7.38. The van der Waals surface area contributed by atoms with E-state index in [1.165, 1.54) is 18.3 Å². The molecule has 2 aromatic rings. The van der Waals surface area contributed by atoms with Crippen molar-refractivity contribution in [3.05, 3.63) is 59.5 Å². The van der Waals surface area contributed by atoms with Crippen molar-refractivity contribution in [2.45, 2.75) is 19.9 Å². The maximum Gasteiger partial charge on any atom is 0.253 e. The number of aromatic nitrogens is 1. The number of halogens is 1. The van der Waals surface area contributed by atoms with E-state index in [-0.39, 0.29) is 11.7 Å². The van der Waals surface area contributed by atoms with Gasteiger partial charge in [-0.2, -0.15) is 0 Å². The minimum absolute atomic E-state index is 0.200. The van der Waals surface area contributed by atoms with Crippen LogP contribution < -0.4 is 10.6 Å². The van der Waals surface area contributed by atoms with Crippen LogP contribution in [0.1, 0.15) is 29.3 Å². The van der Waals surface area contributed by atoms with Crippen LogP contribution in [-0.2, 0) is 6.54 Å². The minimum atomic E-state index is -0.288. The number of hydrogen-bond donors (Lipinski definition) is 2. The van der Waals surface area contributed by atoms with Crippen LogP contribution in [0.5, 0.6) is 0 Å². The van der Waals surface area contributed by atoms with Crippen LogP contribution in [0, 0.1) is 5.82 Å². The monoisotopic (exact) mass is 287 g/mol. The van der Waals surface area contributed by atoms with Crippen LogP contribution in [0.15, 0.2) is 42.6 Å². The first-order valence-electron chi connectivity index (χ1n) is 6.91. The Bertz CT molecular complexity index is 581. The summed E-state index contributed by atoms with van der Waals surface area (Å²) in [5.74, 6) is 0.269. The molecule has 4 nitrogen and oxygen atoms in total. The normalized spacial score (nSPS) is 10.2. The molecule has 21 heavy (non-hydrogen) atoms. The molecule has 0 aliphatic carbocycles. The summed E-state index contributed by atoms with van der Waals surface area (Å²) in [5, 5.41) is 5.92. The Kier molecular flexibility index (Phi) is 5.26. The molecular formula is C16H18FN3O. The smallest absolute Gasteiger partial charge is 0.253 e. The summed E-state index contributed by atoms with van der Waals surface area (Å²) < 4.78 is 12.8. The van der Waals surface area contributed by atoms with E-state index in [2.05, 4.69) is 22.5 Å². The molecule has 0 unspecified atom stereocenters. The SMILES string of the molecule is CCCNc1ccc(C(=O)NCc2ccc(F)cc2)cn1. The molecule has 2 rings (SSSR count). The third-order valence-electron chi connectivity index (χ3n) is 2.95. The lowest BCUT2D eigenvalue weighted by atomic mass is 10.2. The van der Waals surface area contributed by atoms with Gasteiger partial charge in [0, 0.05) is 19.3 Å². The Hall–Kier alpha value is -2.43. The summed E-state index contributed by atoms with van der Waals surface area (Å²) in [7, 11) is 0. The third-order valence-corrected chi connectivity index (χ3v) is 2.95. The average molecular weight is 287 g/mol. The molecule has 0 spiro atoms. The van der Waals surface area contributed by atoms with Crippen LogP contribution in [-0.4, -0.2) is 17.4 Å². The molecule has 0 aliphatic heterocycles. The van der Waals surface area contributed by atoms with Gasteiger partial charge in [0.1, 0.15) is 11.6 Å². The maximum absolute atomic E-state index is 12.8. The van der Waals surface area contributed by atoms with Crippen molar-refractivity contribution in [1.82, 2.24) is 10.3 Å². The van der Waals surface area contributed by atoms with Crippen LogP contribution in [0.4, 0.5) is 10.2 Å². The number of carbonyl (C=O) groups is 1. The fourth-order valence-electron chi connectivity index (χ4n) is 1.77. The molecule has 0 bridgehead atoms. The molecule has 1 heterocycles. The first-order valence-corrected chi connectivity index (χ1v) is 6.91. The lowest BCUT2D eigenvalue weighted by molar-refractivity contribution is 0.0950. The molecule has 1 aromatic carbocycles. The van der Waals surface area contributed by atoms with Gasteiger partial charge in [0.25, 0.3) is 5.91 Å². The molecule has 0 saturated heterocycles. The molecule has 0 radical (unpaired) electrons. The molecule has 0 aliphatic rings. The lowest BCUT2D eigenvalue weighted by Gasteiger charge is -2.07. The van der Waals surface area contributed by atoms with Gasteiger partial charge in [0.2, 0.25) is 0 Å². The fourth-order valence-corrected chi connectivity index (χ4v) is 1.77. The predicted octanol–water partition coefficient (Wildman–Crippen LogP) is 2.97. The summed E-state index contributed by atoms with van der Waals surface area (Å²) in [6.45, 7) is 3.28. The molecule has 0 fully saturated rings. The Morgan fingerprint density at radius 1 is 1.19 bits per heavy atom. The Balaban J connectivity index is 1.89. The minimum Gasteiger partial charge on any atom is -0.370 e. The van der Waals surface area contributed by atoms with Crippen molar-refractivity contribution < 1.29 is 9.18 Å². The van der Waals surface area contributed by atoms with E-state index < -0.39 is 0 Å². The second-order valence-corrected chi connectivity index (χ2v) is 4.67. The van der Waals surface area contributed by atoms with Crippen LogP contribution in [0.2, 0.25) is 0 Å². The van der Waals surface area contributed by atoms with Gasteiger partial charge in [-0.3, -0.25) is 4.79 Å². The van der Waals surface area contributed by atoms with E-state index in [1.807, 2.05) is 0 Å². The van der Waals surface area contributed by atoms with Crippen LogP contribution in [0.25, 0.3) is 0 Å². The van der Waals surface area contributed by atoms with E-state index in [0.717, 1.165) is 24.3 Å². The van der Waals surface area contributed by atoms with Gasteiger partial charge in [-0.25, -0.2) is 9.37 Å². The van der Waals surface area contributed by atoms with Crippen LogP contribution >= 0.6 is 0 Å². The number of pyridine rings is 1. The maximum atomic E-state index is 12.8. The van der Waals surface area contributed by atoms with E-state index in [1.54, 1.807) is 24.3 Å². The number of rotatable bonds is 6. The average Bonchev–Trinajstić information content (AvgIpc) is 2.52. The highest BCUT2D eigenvalue weighted by Gasteiger charge is 2.06. The number of hydrogen-bond acceptors (Lipinski definition) is 3. The van der Waals surface area contributed by atoms with Gasteiger partial charge in [0.15, 0.2) is 0 Å². The summed E-state index contributed by atoms with van der Waals surface area (Å²) in [6, 6.07) is 9.54. The predicted molar refractivity (Wildman–Crippen MR) is 80.6 cm³/mol. The van der Waals surface area contributed by atoms with Gasteiger partial charge >= 0.3 is 0 Å². The second-order valence-electron chi connectivity index (χ2n) is 4.67. The lowest BCUT2D eigenvalue weighted by Crippen LogP contribution is -2.23. The number of amides is 1. The zero-order chi connectivity index (χ0) is 15.1. The quantitative estimate of drug-likeness (QED) is 0.859. The molecule has 5 heteroatoms. The zero-order valence-electron chi connectivity index (χ0n) is 11.9. The Labute approximate surface area is 123 Å². The van der Waals surface area contributed by atoms with Gasteiger partial charge in [0.05, 0.1) is 5.56 Å². The zero-order valence-corrected chi connectivity index (χ0v) is 11.9. The fraction of sp³-hybridized carbons (Fsp3) is 0.250. The van der Waals surface area contributed by atoms with Crippen molar-refractivity contribution in [3.8, 4) is 0 Å². The summed E-state index contributed by atoms with van der Waals surface area (Å²) >= 11 is 0. The molecule has 2 N–H and O–H groups in total. The van der Waals surface area contributed by atoms with Gasteiger partial charge in [-0.05, 0) is 36.2 Å². The van der Waals surface area contributed by atoms with Gasteiger partial charge in [-0.15, -0.1) is 0 Å². The standard InChI is InChI=1S/C16H18FN3O/c1-2-9-18-15-8-5-13(11-19-15)16(21)20-10-12-3-6-14(17)7-4-12/h3-8,11H,2,9-10H2,1H3,(H,18,19)(H,20,21). The first kappa shape index (κ1) is 15.0. The number of carbonyl (C=O) groups excluding carboxylic acids is 1. The van der Waals surface area contributed by atoms with Crippen molar-refractivity contribution in [2.24, 2.45) is 0 Å². The van der Waals surface area contributed by atoms with E-state index >= 15 is 0 Å². The Morgan fingerprint density at radius 3 is 2.57 bits per heavy atom. The topological polar surface area (TPSA) is 54.0 Å². The number of nitrogens with one attached hydrogen (secondary N) is 2. The van der Waals surface area contributed by atoms with E-state index in [9.17, 15) is 9.18 Å². The largest absolute Gasteiger partial charge is 0.370 e. The molecule has 1 amide bonds. The van der Waals surface area contributed by atoms with Crippen molar-refractivity contribution in [3.63, 3.8) is 0 Å². The highest BCUT2D eigenvalue weighted by atomic mass is 19.1.